The third kappa shape index (κ3) is 5.63. The van der Waals surface area contributed by atoms with Crippen molar-refractivity contribution < 1.29 is 14.6 Å². The Morgan fingerprint density at radius 2 is 2.10 bits per heavy atom. The molecule has 0 heterocycles. The zero-order valence-corrected chi connectivity index (χ0v) is 13.2. The van der Waals surface area contributed by atoms with Crippen molar-refractivity contribution in [1.29, 1.82) is 0 Å². The summed E-state index contributed by atoms with van der Waals surface area (Å²) in [6.45, 7) is 7.44. The fourth-order valence-electron chi connectivity index (χ4n) is 1.99. The molecule has 0 saturated heterocycles. The number of hydrogen-bond acceptors (Lipinski definition) is 3. The van der Waals surface area contributed by atoms with E-state index in [1.54, 1.807) is 4.90 Å². The average molecular weight is 294 g/mol. The molecular formula is C16H26N2O3. The van der Waals surface area contributed by atoms with E-state index in [1.165, 1.54) is 0 Å². The van der Waals surface area contributed by atoms with Crippen LogP contribution in [0, 0.1) is 6.92 Å². The molecule has 0 saturated carbocycles. The summed E-state index contributed by atoms with van der Waals surface area (Å²) in [7, 11) is 0. The summed E-state index contributed by atoms with van der Waals surface area (Å²) in [6, 6.07) is 5.47. The SMILES string of the molecule is CCCCN(CCO)C(=O)Nc1ccc(C)cc1OCC. The van der Waals surface area contributed by atoms with Crippen molar-refractivity contribution in [3.63, 3.8) is 0 Å². The second kappa shape index (κ2) is 9.23. The van der Waals surface area contributed by atoms with Crippen molar-refractivity contribution in [2.24, 2.45) is 0 Å². The molecule has 21 heavy (non-hydrogen) atoms. The largest absolute Gasteiger partial charge is 0.492 e. The van der Waals surface area contributed by atoms with Crippen LogP contribution in [0.5, 0.6) is 5.75 Å². The highest BCUT2D eigenvalue weighted by Crippen LogP contribution is 2.26. The Bertz CT molecular complexity index is 449. The summed E-state index contributed by atoms with van der Waals surface area (Å²) in [5.41, 5.74) is 1.74. The number of hydrogen-bond donors (Lipinski definition) is 2. The van der Waals surface area contributed by atoms with Gasteiger partial charge in [-0.3, -0.25) is 0 Å². The van der Waals surface area contributed by atoms with E-state index in [0.717, 1.165) is 18.4 Å². The number of anilines is 1. The van der Waals surface area contributed by atoms with Crippen molar-refractivity contribution in [2.45, 2.75) is 33.6 Å². The molecule has 0 spiro atoms. The Labute approximate surface area is 126 Å². The number of ether oxygens (including phenoxy) is 1. The molecule has 0 bridgehead atoms. The summed E-state index contributed by atoms with van der Waals surface area (Å²) < 4.78 is 5.56. The number of nitrogens with one attached hydrogen (secondary N) is 1. The Kier molecular flexibility index (Phi) is 7.61. The summed E-state index contributed by atoms with van der Waals surface area (Å²) in [4.78, 5) is 13.9. The van der Waals surface area contributed by atoms with Gasteiger partial charge in [-0.25, -0.2) is 4.79 Å². The van der Waals surface area contributed by atoms with Gasteiger partial charge in [-0.1, -0.05) is 19.4 Å². The van der Waals surface area contributed by atoms with Gasteiger partial charge in [0.2, 0.25) is 0 Å². The standard InChI is InChI=1S/C16H26N2O3/c1-4-6-9-18(10-11-19)16(20)17-14-8-7-13(3)12-15(14)21-5-2/h7-8,12,19H,4-6,9-11H2,1-3H3,(H,17,20). The molecule has 1 rings (SSSR count). The van der Waals surface area contributed by atoms with E-state index >= 15 is 0 Å². The highest BCUT2D eigenvalue weighted by atomic mass is 16.5. The van der Waals surface area contributed by atoms with Crippen LogP contribution in [0.2, 0.25) is 0 Å². The third-order valence-corrected chi connectivity index (χ3v) is 3.12. The number of aliphatic hydroxyl groups excluding tert-OH is 1. The number of nitrogens with zero attached hydrogens (tertiary/aromatic N) is 1. The van der Waals surface area contributed by atoms with Crippen LogP contribution in [0.1, 0.15) is 32.3 Å². The molecule has 1 aromatic rings. The minimum absolute atomic E-state index is 0.0383. The topological polar surface area (TPSA) is 61.8 Å². The van der Waals surface area contributed by atoms with Gasteiger partial charge in [0, 0.05) is 13.1 Å². The van der Waals surface area contributed by atoms with Crippen LogP contribution in [-0.4, -0.2) is 42.3 Å². The number of aryl methyl sites for hydroxylation is 1. The van der Waals surface area contributed by atoms with Crippen molar-refractivity contribution >= 4 is 11.7 Å². The van der Waals surface area contributed by atoms with Crippen LogP contribution >= 0.6 is 0 Å². The minimum atomic E-state index is -0.206. The molecule has 2 amide bonds. The maximum Gasteiger partial charge on any atom is 0.322 e. The average Bonchev–Trinajstić information content (AvgIpc) is 2.46. The van der Waals surface area contributed by atoms with E-state index in [0.29, 0.717) is 31.1 Å². The fourth-order valence-corrected chi connectivity index (χ4v) is 1.99. The molecule has 0 aliphatic rings. The molecule has 5 heteroatoms. The molecule has 0 unspecified atom stereocenters. The van der Waals surface area contributed by atoms with Gasteiger partial charge in [0.25, 0.3) is 0 Å². The Morgan fingerprint density at radius 1 is 1.33 bits per heavy atom. The smallest absolute Gasteiger partial charge is 0.322 e. The lowest BCUT2D eigenvalue weighted by Crippen LogP contribution is -2.37. The first-order valence-corrected chi connectivity index (χ1v) is 7.52. The Morgan fingerprint density at radius 3 is 2.71 bits per heavy atom. The van der Waals surface area contributed by atoms with E-state index < -0.39 is 0 Å². The van der Waals surface area contributed by atoms with Gasteiger partial charge in [-0.2, -0.15) is 0 Å². The number of urea groups is 1. The maximum absolute atomic E-state index is 12.3. The summed E-state index contributed by atoms with van der Waals surface area (Å²) >= 11 is 0. The van der Waals surface area contributed by atoms with Crippen LogP contribution in [0.4, 0.5) is 10.5 Å². The first-order chi connectivity index (χ1) is 10.1. The molecule has 0 atom stereocenters. The van der Waals surface area contributed by atoms with Gasteiger partial charge in [0.15, 0.2) is 0 Å². The lowest BCUT2D eigenvalue weighted by Gasteiger charge is -2.23. The van der Waals surface area contributed by atoms with Gasteiger partial charge >= 0.3 is 6.03 Å². The molecule has 0 aliphatic carbocycles. The van der Waals surface area contributed by atoms with Crippen molar-refractivity contribution in [2.75, 3.05) is 31.6 Å². The van der Waals surface area contributed by atoms with Crippen LogP contribution in [0.3, 0.4) is 0 Å². The lowest BCUT2D eigenvalue weighted by molar-refractivity contribution is 0.187. The van der Waals surface area contributed by atoms with E-state index in [4.69, 9.17) is 9.84 Å². The molecule has 0 radical (unpaired) electrons. The normalized spacial score (nSPS) is 10.3. The second-order valence-electron chi connectivity index (χ2n) is 4.93. The maximum atomic E-state index is 12.3. The fraction of sp³-hybridized carbons (Fsp3) is 0.562. The monoisotopic (exact) mass is 294 g/mol. The lowest BCUT2D eigenvalue weighted by atomic mass is 10.2. The molecule has 118 valence electrons. The van der Waals surface area contributed by atoms with Gasteiger partial charge < -0.3 is 20.1 Å². The molecule has 0 aromatic heterocycles. The quantitative estimate of drug-likeness (QED) is 0.774. The van der Waals surface area contributed by atoms with Crippen molar-refractivity contribution in [1.82, 2.24) is 4.90 Å². The van der Waals surface area contributed by atoms with Crippen LogP contribution in [-0.2, 0) is 0 Å². The second-order valence-corrected chi connectivity index (χ2v) is 4.93. The minimum Gasteiger partial charge on any atom is -0.492 e. The number of benzene rings is 1. The summed E-state index contributed by atoms with van der Waals surface area (Å²) in [5.74, 6) is 0.672. The summed E-state index contributed by atoms with van der Waals surface area (Å²) in [5, 5.41) is 11.9. The van der Waals surface area contributed by atoms with Gasteiger partial charge in [-0.15, -0.1) is 0 Å². The zero-order chi connectivity index (χ0) is 15.7. The molecule has 0 aliphatic heterocycles. The van der Waals surface area contributed by atoms with Crippen molar-refractivity contribution in [3.05, 3.63) is 23.8 Å². The Hall–Kier alpha value is -1.75. The first-order valence-electron chi connectivity index (χ1n) is 7.52. The number of unbranched alkanes of at least 4 members (excludes halogenated alkanes) is 1. The summed E-state index contributed by atoms with van der Waals surface area (Å²) in [6.07, 6.45) is 1.92. The number of amides is 2. The van der Waals surface area contributed by atoms with Crippen molar-refractivity contribution in [3.8, 4) is 5.75 Å². The highest BCUT2D eigenvalue weighted by molar-refractivity contribution is 5.91. The van der Waals surface area contributed by atoms with E-state index in [2.05, 4.69) is 12.2 Å². The number of carbonyl (C=O) groups is 1. The highest BCUT2D eigenvalue weighted by Gasteiger charge is 2.14. The van der Waals surface area contributed by atoms with E-state index in [1.807, 2.05) is 32.0 Å². The molecule has 1 aromatic carbocycles. The number of rotatable bonds is 8. The molecule has 0 fully saturated rings. The number of carbonyl (C=O) groups excluding carboxylic acids is 1. The van der Waals surface area contributed by atoms with E-state index in [-0.39, 0.29) is 12.6 Å². The first kappa shape index (κ1) is 17.3. The third-order valence-electron chi connectivity index (χ3n) is 3.12. The molecule has 2 N–H and O–H groups in total. The zero-order valence-electron chi connectivity index (χ0n) is 13.2. The van der Waals surface area contributed by atoms with E-state index in [9.17, 15) is 4.79 Å². The number of aliphatic hydroxyl groups is 1. The molecular weight excluding hydrogens is 268 g/mol. The molecule has 5 nitrogen and oxygen atoms in total. The van der Waals surface area contributed by atoms with Gasteiger partial charge in [0.1, 0.15) is 5.75 Å². The van der Waals surface area contributed by atoms with Crippen LogP contribution in [0.25, 0.3) is 0 Å². The predicted octanol–water partition coefficient (Wildman–Crippen LogP) is 3.02. The predicted molar refractivity (Wildman–Crippen MR) is 84.9 cm³/mol. The van der Waals surface area contributed by atoms with Gasteiger partial charge in [-0.05, 0) is 38.0 Å². The Balaban J connectivity index is 2.79. The van der Waals surface area contributed by atoms with Crippen LogP contribution < -0.4 is 10.1 Å². The van der Waals surface area contributed by atoms with Crippen LogP contribution in [0.15, 0.2) is 18.2 Å². The van der Waals surface area contributed by atoms with Gasteiger partial charge in [0.05, 0.1) is 18.9 Å².